The Labute approximate surface area is 127 Å². The lowest BCUT2D eigenvalue weighted by Crippen LogP contribution is -2.14. The first-order valence-corrected chi connectivity index (χ1v) is 7.41. The predicted molar refractivity (Wildman–Crippen MR) is 85.9 cm³/mol. The van der Waals surface area contributed by atoms with Gasteiger partial charge in [0.2, 0.25) is 0 Å². The SMILES string of the molecule is Cc1c(C(N)=O)c(-c2ccc(Br)cc2)c(C)n1C(C)C. The van der Waals surface area contributed by atoms with Crippen molar-refractivity contribution in [1.82, 2.24) is 4.57 Å². The van der Waals surface area contributed by atoms with E-state index in [1.807, 2.05) is 38.1 Å². The van der Waals surface area contributed by atoms with E-state index in [4.69, 9.17) is 5.73 Å². The summed E-state index contributed by atoms with van der Waals surface area (Å²) in [6.07, 6.45) is 0. The van der Waals surface area contributed by atoms with Crippen LogP contribution in [-0.2, 0) is 0 Å². The van der Waals surface area contributed by atoms with Crippen molar-refractivity contribution in [3.05, 3.63) is 45.7 Å². The van der Waals surface area contributed by atoms with Crippen molar-refractivity contribution in [2.45, 2.75) is 33.7 Å². The zero-order chi connectivity index (χ0) is 15.0. The number of carbonyl (C=O) groups is 1. The monoisotopic (exact) mass is 334 g/mol. The molecule has 2 aromatic rings. The molecule has 0 aliphatic heterocycles. The third-order valence-corrected chi connectivity index (χ3v) is 4.12. The average molecular weight is 335 g/mol. The normalized spacial score (nSPS) is 11.1. The number of hydrogen-bond acceptors (Lipinski definition) is 1. The van der Waals surface area contributed by atoms with Gasteiger partial charge in [0, 0.05) is 27.5 Å². The van der Waals surface area contributed by atoms with E-state index in [2.05, 4.69) is 34.3 Å². The van der Waals surface area contributed by atoms with Crippen LogP contribution in [0, 0.1) is 13.8 Å². The fourth-order valence-corrected chi connectivity index (χ4v) is 3.16. The lowest BCUT2D eigenvalue weighted by atomic mass is 10.0. The smallest absolute Gasteiger partial charge is 0.251 e. The summed E-state index contributed by atoms with van der Waals surface area (Å²) in [7, 11) is 0. The van der Waals surface area contributed by atoms with Crippen LogP contribution in [0.15, 0.2) is 28.7 Å². The van der Waals surface area contributed by atoms with E-state index in [0.717, 1.165) is 27.0 Å². The lowest BCUT2D eigenvalue weighted by Gasteiger charge is -2.13. The molecule has 2 N–H and O–H groups in total. The maximum Gasteiger partial charge on any atom is 0.251 e. The van der Waals surface area contributed by atoms with Gasteiger partial charge in [0.15, 0.2) is 0 Å². The molecule has 0 atom stereocenters. The third-order valence-electron chi connectivity index (χ3n) is 3.59. The van der Waals surface area contributed by atoms with Crippen molar-refractivity contribution in [3.63, 3.8) is 0 Å². The van der Waals surface area contributed by atoms with Gasteiger partial charge in [-0.25, -0.2) is 0 Å². The van der Waals surface area contributed by atoms with Gasteiger partial charge in [-0.05, 0) is 45.4 Å². The molecular formula is C16H19BrN2O. The molecule has 4 heteroatoms. The first-order chi connectivity index (χ1) is 9.34. The second kappa shape index (κ2) is 5.44. The zero-order valence-corrected chi connectivity index (χ0v) is 13.8. The Morgan fingerprint density at radius 1 is 1.15 bits per heavy atom. The van der Waals surface area contributed by atoms with E-state index in [9.17, 15) is 4.79 Å². The van der Waals surface area contributed by atoms with E-state index in [-0.39, 0.29) is 11.9 Å². The molecule has 0 radical (unpaired) electrons. The molecule has 0 fully saturated rings. The summed E-state index contributed by atoms with van der Waals surface area (Å²) >= 11 is 3.43. The standard InChI is InChI=1S/C16H19BrN2O/c1-9(2)19-10(3)14(15(11(19)4)16(18)20)12-5-7-13(17)8-6-12/h5-9H,1-4H3,(H2,18,20). The molecule has 3 nitrogen and oxygen atoms in total. The molecule has 2 rings (SSSR count). The van der Waals surface area contributed by atoms with E-state index in [1.54, 1.807) is 0 Å². The van der Waals surface area contributed by atoms with Crippen LogP contribution in [-0.4, -0.2) is 10.5 Å². The average Bonchev–Trinajstić information content (AvgIpc) is 2.62. The van der Waals surface area contributed by atoms with Crippen LogP contribution in [0.25, 0.3) is 11.1 Å². The van der Waals surface area contributed by atoms with E-state index in [0.29, 0.717) is 5.56 Å². The molecule has 1 aromatic heterocycles. The molecule has 0 aliphatic rings. The van der Waals surface area contributed by atoms with Crippen LogP contribution in [0.1, 0.15) is 41.6 Å². The van der Waals surface area contributed by atoms with Gasteiger partial charge in [-0.1, -0.05) is 28.1 Å². The maximum absolute atomic E-state index is 11.9. The summed E-state index contributed by atoms with van der Waals surface area (Å²) in [6, 6.07) is 8.24. The molecule has 0 saturated heterocycles. The summed E-state index contributed by atoms with van der Waals surface area (Å²) in [4.78, 5) is 11.9. The number of hydrogen-bond donors (Lipinski definition) is 1. The largest absolute Gasteiger partial charge is 0.366 e. The minimum atomic E-state index is -0.372. The van der Waals surface area contributed by atoms with Crippen LogP contribution in [0.2, 0.25) is 0 Å². The molecule has 1 aromatic carbocycles. The summed E-state index contributed by atoms with van der Waals surface area (Å²) in [5.74, 6) is -0.372. The quantitative estimate of drug-likeness (QED) is 0.897. The first kappa shape index (κ1) is 14.9. The van der Waals surface area contributed by atoms with Crippen LogP contribution in [0.5, 0.6) is 0 Å². The van der Waals surface area contributed by atoms with E-state index in [1.165, 1.54) is 0 Å². The molecule has 0 bridgehead atoms. The highest BCUT2D eigenvalue weighted by atomic mass is 79.9. The Morgan fingerprint density at radius 2 is 1.70 bits per heavy atom. The van der Waals surface area contributed by atoms with Gasteiger partial charge in [-0.15, -0.1) is 0 Å². The summed E-state index contributed by atoms with van der Waals surface area (Å²) in [6.45, 7) is 8.21. The minimum Gasteiger partial charge on any atom is -0.366 e. The fourth-order valence-electron chi connectivity index (χ4n) is 2.90. The van der Waals surface area contributed by atoms with Gasteiger partial charge in [0.05, 0.1) is 5.56 Å². The predicted octanol–water partition coefficient (Wildman–Crippen LogP) is 4.21. The molecule has 20 heavy (non-hydrogen) atoms. The van der Waals surface area contributed by atoms with E-state index < -0.39 is 0 Å². The van der Waals surface area contributed by atoms with Gasteiger partial charge in [-0.3, -0.25) is 4.79 Å². The number of primary amides is 1. The molecule has 1 heterocycles. The van der Waals surface area contributed by atoms with Crippen molar-refractivity contribution >= 4 is 21.8 Å². The number of nitrogens with two attached hydrogens (primary N) is 1. The van der Waals surface area contributed by atoms with Crippen LogP contribution >= 0.6 is 15.9 Å². The second-order valence-corrected chi connectivity index (χ2v) is 6.17. The lowest BCUT2D eigenvalue weighted by molar-refractivity contribution is 0.1000. The Hall–Kier alpha value is -1.55. The maximum atomic E-state index is 11.9. The Kier molecular flexibility index (Phi) is 4.04. The van der Waals surface area contributed by atoms with E-state index >= 15 is 0 Å². The molecule has 0 unspecified atom stereocenters. The van der Waals surface area contributed by atoms with Gasteiger partial charge >= 0.3 is 0 Å². The first-order valence-electron chi connectivity index (χ1n) is 6.61. The fraction of sp³-hybridized carbons (Fsp3) is 0.312. The molecule has 0 aliphatic carbocycles. The van der Waals surface area contributed by atoms with Gasteiger partial charge in [0.25, 0.3) is 5.91 Å². The van der Waals surface area contributed by atoms with Crippen molar-refractivity contribution in [3.8, 4) is 11.1 Å². The van der Waals surface area contributed by atoms with Crippen molar-refractivity contribution < 1.29 is 4.79 Å². The summed E-state index contributed by atoms with van der Waals surface area (Å²) in [5, 5.41) is 0. The van der Waals surface area contributed by atoms with Gasteiger partial charge < -0.3 is 10.3 Å². The highest BCUT2D eigenvalue weighted by molar-refractivity contribution is 9.10. The van der Waals surface area contributed by atoms with Gasteiger partial charge in [-0.2, -0.15) is 0 Å². The second-order valence-electron chi connectivity index (χ2n) is 5.26. The number of carbonyl (C=O) groups excluding carboxylic acids is 1. The van der Waals surface area contributed by atoms with Crippen molar-refractivity contribution in [1.29, 1.82) is 0 Å². The highest BCUT2D eigenvalue weighted by Gasteiger charge is 2.23. The van der Waals surface area contributed by atoms with Crippen LogP contribution in [0.4, 0.5) is 0 Å². The van der Waals surface area contributed by atoms with Gasteiger partial charge in [0.1, 0.15) is 0 Å². The van der Waals surface area contributed by atoms with Crippen LogP contribution < -0.4 is 5.73 Å². The highest BCUT2D eigenvalue weighted by Crippen LogP contribution is 2.34. The summed E-state index contributed by atoms with van der Waals surface area (Å²) < 4.78 is 3.18. The van der Waals surface area contributed by atoms with Crippen LogP contribution in [0.3, 0.4) is 0 Å². The Balaban J connectivity index is 2.77. The molecule has 0 spiro atoms. The third kappa shape index (κ3) is 2.40. The number of benzene rings is 1. The number of halogens is 1. The summed E-state index contributed by atoms with van der Waals surface area (Å²) in [5.41, 5.74) is 10.2. The number of amides is 1. The number of rotatable bonds is 3. The zero-order valence-electron chi connectivity index (χ0n) is 12.2. The number of nitrogens with zero attached hydrogens (tertiary/aromatic N) is 1. The Morgan fingerprint density at radius 3 is 2.15 bits per heavy atom. The molecular weight excluding hydrogens is 316 g/mol. The molecule has 106 valence electrons. The number of aromatic nitrogens is 1. The topological polar surface area (TPSA) is 48.0 Å². The van der Waals surface area contributed by atoms with Crippen molar-refractivity contribution in [2.24, 2.45) is 5.73 Å². The Bertz CT molecular complexity index is 654. The van der Waals surface area contributed by atoms with Crippen molar-refractivity contribution in [2.75, 3.05) is 0 Å². The molecule has 1 amide bonds. The molecule has 0 saturated carbocycles. The minimum absolute atomic E-state index is 0.289.